The van der Waals surface area contributed by atoms with Crippen molar-refractivity contribution in [1.82, 2.24) is 0 Å². The first-order valence-corrected chi connectivity index (χ1v) is 8.69. The number of hydrogen-bond donors (Lipinski definition) is 0. The van der Waals surface area contributed by atoms with E-state index in [9.17, 15) is 0 Å². The van der Waals surface area contributed by atoms with Gasteiger partial charge in [0.2, 0.25) is 0 Å². The minimum absolute atomic E-state index is 0.874. The molecule has 1 heteroatoms. The Bertz CT molecular complexity index is 117. The molecule has 0 bridgehead atoms. The monoisotopic (exact) mass is 176 g/mol. The molecule has 0 nitrogen and oxygen atoms in total. The molecule has 0 rings (SSSR count). The Kier molecular flexibility index (Phi) is 3.57. The third kappa shape index (κ3) is 5.67. The first-order chi connectivity index (χ1) is 4.74. The van der Waals surface area contributed by atoms with Gasteiger partial charge in [-0.2, -0.15) is 0 Å². The Morgan fingerprint density at radius 1 is 1.09 bits per heavy atom. The van der Waals surface area contributed by atoms with Crippen LogP contribution in [0.1, 0.15) is 27.2 Å². The molecule has 11 heavy (non-hydrogen) atoms. The van der Waals surface area contributed by atoms with Crippen molar-refractivity contribution in [2.45, 2.75) is 27.2 Å². The quantitative estimate of drug-likeness (QED) is 0.575. The van der Waals surface area contributed by atoms with Crippen molar-refractivity contribution < 1.29 is 0 Å². The Balaban J connectivity index is 4.13. The summed E-state index contributed by atoms with van der Waals surface area (Å²) < 4.78 is 0. The topological polar surface area (TPSA) is 0 Å². The summed E-state index contributed by atoms with van der Waals surface area (Å²) in [5.41, 5.74) is 0. The van der Waals surface area contributed by atoms with Crippen LogP contribution in [0.4, 0.5) is 0 Å². The summed E-state index contributed by atoms with van der Waals surface area (Å²) in [6.45, 7) is 13.3. The van der Waals surface area contributed by atoms with Gasteiger partial charge < -0.3 is 0 Å². The van der Waals surface area contributed by atoms with Crippen LogP contribution in [0.5, 0.6) is 0 Å². The SMILES string of the molecule is CCCP(C)(C)(C)CC(C)C. The molecule has 0 N–H and O–H groups in total. The van der Waals surface area contributed by atoms with Crippen LogP contribution in [-0.4, -0.2) is 32.3 Å². The summed E-state index contributed by atoms with van der Waals surface area (Å²) in [4.78, 5) is 0. The van der Waals surface area contributed by atoms with Gasteiger partial charge >= 0.3 is 72.0 Å². The Labute approximate surface area is 72.7 Å². The van der Waals surface area contributed by atoms with Crippen molar-refractivity contribution in [2.24, 2.45) is 5.92 Å². The molecular formula is C10H25P. The van der Waals surface area contributed by atoms with Gasteiger partial charge in [0.15, 0.2) is 0 Å². The Morgan fingerprint density at radius 3 is 1.82 bits per heavy atom. The van der Waals surface area contributed by atoms with Gasteiger partial charge in [-0.25, -0.2) is 0 Å². The van der Waals surface area contributed by atoms with Crippen LogP contribution < -0.4 is 0 Å². The average molecular weight is 176 g/mol. The molecular weight excluding hydrogens is 151 g/mol. The molecule has 0 aromatic rings. The molecule has 0 saturated heterocycles. The van der Waals surface area contributed by atoms with E-state index < -0.39 is 6.60 Å². The normalized spacial score (nSPS) is 16.5. The van der Waals surface area contributed by atoms with Crippen LogP contribution in [0.2, 0.25) is 0 Å². The third-order valence-electron chi connectivity index (χ3n) is 2.09. The molecule has 0 unspecified atom stereocenters. The van der Waals surface area contributed by atoms with E-state index in [4.69, 9.17) is 0 Å². The van der Waals surface area contributed by atoms with Gasteiger partial charge in [-0.3, -0.25) is 0 Å². The van der Waals surface area contributed by atoms with Crippen molar-refractivity contribution in [3.8, 4) is 0 Å². The fourth-order valence-corrected chi connectivity index (χ4v) is 6.82. The predicted molar refractivity (Wildman–Crippen MR) is 59.6 cm³/mol. The van der Waals surface area contributed by atoms with Crippen LogP contribution in [0.25, 0.3) is 0 Å². The summed E-state index contributed by atoms with van der Waals surface area (Å²) in [5, 5.41) is 0. The molecule has 0 radical (unpaired) electrons. The van der Waals surface area contributed by atoms with E-state index in [0.29, 0.717) is 0 Å². The molecule has 0 aromatic carbocycles. The third-order valence-corrected chi connectivity index (χ3v) is 6.28. The second kappa shape index (κ2) is 3.44. The van der Waals surface area contributed by atoms with Gasteiger partial charge in [0.05, 0.1) is 0 Å². The van der Waals surface area contributed by atoms with E-state index in [0.717, 1.165) is 5.92 Å². The van der Waals surface area contributed by atoms with Crippen molar-refractivity contribution in [2.75, 3.05) is 32.3 Å². The first kappa shape index (κ1) is 11.4. The first-order valence-electron chi connectivity index (χ1n) is 4.74. The van der Waals surface area contributed by atoms with E-state index >= 15 is 0 Å². The summed E-state index contributed by atoms with van der Waals surface area (Å²) in [6.07, 6.45) is 4.28. The van der Waals surface area contributed by atoms with E-state index in [1.54, 1.807) is 0 Å². The van der Waals surface area contributed by atoms with E-state index in [2.05, 4.69) is 40.8 Å². The van der Waals surface area contributed by atoms with Crippen molar-refractivity contribution >= 4 is 6.60 Å². The van der Waals surface area contributed by atoms with Crippen molar-refractivity contribution in [1.29, 1.82) is 0 Å². The molecule has 0 aromatic heterocycles. The summed E-state index contributed by atoms with van der Waals surface area (Å²) in [6, 6.07) is 0. The molecule has 0 fully saturated rings. The number of hydrogen-bond acceptors (Lipinski definition) is 0. The molecule has 0 saturated carbocycles. The van der Waals surface area contributed by atoms with Crippen molar-refractivity contribution in [3.05, 3.63) is 0 Å². The van der Waals surface area contributed by atoms with Crippen LogP contribution >= 0.6 is 6.60 Å². The maximum absolute atomic E-state index is 2.52. The summed E-state index contributed by atoms with van der Waals surface area (Å²) in [5.74, 6) is 0.874. The molecule has 70 valence electrons. The van der Waals surface area contributed by atoms with Gasteiger partial charge in [-0.15, -0.1) is 0 Å². The van der Waals surface area contributed by atoms with Crippen LogP contribution in [-0.2, 0) is 0 Å². The Morgan fingerprint density at radius 2 is 1.55 bits per heavy atom. The maximum atomic E-state index is 2.52. The predicted octanol–water partition coefficient (Wildman–Crippen LogP) is 3.50. The van der Waals surface area contributed by atoms with E-state index in [1.165, 1.54) is 18.7 Å². The second-order valence-electron chi connectivity index (χ2n) is 5.76. The van der Waals surface area contributed by atoms with Crippen LogP contribution in [0, 0.1) is 5.92 Å². The summed E-state index contributed by atoms with van der Waals surface area (Å²) in [7, 11) is 0. The molecule has 0 aliphatic carbocycles. The summed E-state index contributed by atoms with van der Waals surface area (Å²) >= 11 is 0. The zero-order chi connectivity index (χ0) is 9.15. The fraction of sp³-hybridized carbons (Fsp3) is 1.00. The second-order valence-corrected chi connectivity index (χ2v) is 13.5. The standard InChI is InChI=1S/C10H25P/c1-7-8-11(4,5,6)9-10(2)3/h10H,7-9H2,1-6H3. The molecule has 0 aliphatic rings. The van der Waals surface area contributed by atoms with Crippen molar-refractivity contribution in [3.63, 3.8) is 0 Å². The molecule has 0 spiro atoms. The molecule has 0 heterocycles. The molecule has 0 amide bonds. The Hall–Kier alpha value is 0.430. The zero-order valence-electron chi connectivity index (χ0n) is 9.15. The van der Waals surface area contributed by atoms with Crippen LogP contribution in [0.15, 0.2) is 0 Å². The van der Waals surface area contributed by atoms with E-state index in [-0.39, 0.29) is 0 Å². The minimum atomic E-state index is -1.23. The molecule has 0 atom stereocenters. The number of rotatable bonds is 4. The van der Waals surface area contributed by atoms with Gasteiger partial charge in [0, 0.05) is 0 Å². The molecule has 0 aliphatic heterocycles. The van der Waals surface area contributed by atoms with E-state index in [1.807, 2.05) is 0 Å². The zero-order valence-corrected chi connectivity index (χ0v) is 10.0. The van der Waals surface area contributed by atoms with Gasteiger partial charge in [-0.05, 0) is 0 Å². The van der Waals surface area contributed by atoms with Crippen LogP contribution in [0.3, 0.4) is 0 Å². The fourth-order valence-electron chi connectivity index (χ4n) is 2.27. The average Bonchev–Trinajstić information content (AvgIpc) is 1.56. The van der Waals surface area contributed by atoms with Gasteiger partial charge in [-0.1, -0.05) is 0 Å². The van der Waals surface area contributed by atoms with Gasteiger partial charge in [0.25, 0.3) is 0 Å². The van der Waals surface area contributed by atoms with Gasteiger partial charge in [0.1, 0.15) is 0 Å².